The molecule has 8 nitrogen and oxygen atoms in total. The summed E-state index contributed by atoms with van der Waals surface area (Å²) in [6.45, 7) is 1.10. The molecule has 0 aromatic heterocycles. The lowest BCUT2D eigenvalue weighted by Gasteiger charge is -2.20. The minimum Gasteiger partial charge on any atom is -0.493 e. The van der Waals surface area contributed by atoms with E-state index in [4.69, 9.17) is 14.2 Å². The van der Waals surface area contributed by atoms with Gasteiger partial charge in [-0.1, -0.05) is 12.8 Å². The SMILES string of the molecule is COc1cc(CC(=O)Nc2ccc(S(=O)(=O)N3CCCCCC3)cc2)cc(OC)c1OC. The molecule has 1 N–H and O–H groups in total. The van der Waals surface area contributed by atoms with E-state index < -0.39 is 10.0 Å². The minimum atomic E-state index is -3.52. The first-order valence-electron chi connectivity index (χ1n) is 10.6. The van der Waals surface area contributed by atoms with Gasteiger partial charge in [0.15, 0.2) is 11.5 Å². The van der Waals surface area contributed by atoms with Crippen molar-refractivity contribution in [1.82, 2.24) is 4.31 Å². The summed E-state index contributed by atoms with van der Waals surface area (Å²) in [6, 6.07) is 9.73. The van der Waals surface area contributed by atoms with E-state index in [1.807, 2.05) is 0 Å². The summed E-state index contributed by atoms with van der Waals surface area (Å²) in [5, 5.41) is 2.80. The fourth-order valence-electron chi connectivity index (χ4n) is 3.77. The number of methoxy groups -OCH3 is 3. The van der Waals surface area contributed by atoms with E-state index in [1.165, 1.54) is 33.5 Å². The van der Waals surface area contributed by atoms with Crippen LogP contribution in [0.15, 0.2) is 41.3 Å². The number of anilines is 1. The van der Waals surface area contributed by atoms with Crippen LogP contribution in [-0.2, 0) is 21.2 Å². The predicted molar refractivity (Wildman–Crippen MR) is 122 cm³/mol. The smallest absolute Gasteiger partial charge is 0.243 e. The Morgan fingerprint density at radius 3 is 1.97 bits per heavy atom. The molecule has 2 aromatic rings. The van der Waals surface area contributed by atoms with Crippen LogP contribution < -0.4 is 19.5 Å². The Balaban J connectivity index is 1.68. The van der Waals surface area contributed by atoms with Crippen molar-refractivity contribution in [2.24, 2.45) is 0 Å². The highest BCUT2D eigenvalue weighted by atomic mass is 32.2. The van der Waals surface area contributed by atoms with Crippen molar-refractivity contribution >= 4 is 21.6 Å². The van der Waals surface area contributed by atoms with E-state index in [-0.39, 0.29) is 17.2 Å². The van der Waals surface area contributed by atoms with Crippen LogP contribution in [0.4, 0.5) is 5.69 Å². The zero-order chi connectivity index (χ0) is 23.1. The third kappa shape index (κ3) is 5.52. The number of hydrogen-bond acceptors (Lipinski definition) is 6. The lowest BCUT2D eigenvalue weighted by molar-refractivity contribution is -0.115. The van der Waals surface area contributed by atoms with Gasteiger partial charge in [-0.2, -0.15) is 4.31 Å². The Labute approximate surface area is 189 Å². The maximum Gasteiger partial charge on any atom is 0.243 e. The van der Waals surface area contributed by atoms with E-state index >= 15 is 0 Å². The van der Waals surface area contributed by atoms with Gasteiger partial charge in [0, 0.05) is 18.8 Å². The van der Waals surface area contributed by atoms with Crippen molar-refractivity contribution in [2.45, 2.75) is 37.0 Å². The van der Waals surface area contributed by atoms with Gasteiger partial charge in [-0.15, -0.1) is 0 Å². The van der Waals surface area contributed by atoms with Gasteiger partial charge in [0.1, 0.15) is 0 Å². The largest absolute Gasteiger partial charge is 0.493 e. The first kappa shape index (κ1) is 23.9. The molecular formula is C23H30N2O6S. The fraction of sp³-hybridized carbons (Fsp3) is 0.435. The molecule has 2 aromatic carbocycles. The molecule has 9 heteroatoms. The van der Waals surface area contributed by atoms with Crippen LogP contribution in [-0.4, -0.2) is 53.0 Å². The molecule has 1 aliphatic rings. The summed E-state index contributed by atoms with van der Waals surface area (Å²) in [5.41, 5.74) is 1.22. The van der Waals surface area contributed by atoms with E-state index in [2.05, 4.69) is 5.32 Å². The third-order valence-corrected chi connectivity index (χ3v) is 7.34. The molecule has 0 bridgehead atoms. The van der Waals surface area contributed by atoms with Crippen LogP contribution >= 0.6 is 0 Å². The number of ether oxygens (including phenoxy) is 3. The summed E-state index contributed by atoms with van der Waals surface area (Å²) in [5.74, 6) is 1.15. The molecule has 0 saturated carbocycles. The lowest BCUT2D eigenvalue weighted by atomic mass is 10.1. The molecule has 3 rings (SSSR count). The van der Waals surface area contributed by atoms with E-state index in [0.717, 1.165) is 25.7 Å². The lowest BCUT2D eigenvalue weighted by Crippen LogP contribution is -2.31. The monoisotopic (exact) mass is 462 g/mol. The number of rotatable bonds is 8. The summed E-state index contributed by atoms with van der Waals surface area (Å²) in [7, 11) is 1.03. The standard InChI is InChI=1S/C23H30N2O6S/c1-29-20-14-17(15-21(30-2)23(20)31-3)16-22(26)24-18-8-10-19(11-9-18)32(27,28)25-12-6-4-5-7-13-25/h8-11,14-15H,4-7,12-13,16H2,1-3H3,(H,24,26). The maximum absolute atomic E-state index is 12.9. The highest BCUT2D eigenvalue weighted by molar-refractivity contribution is 7.89. The summed E-state index contributed by atoms with van der Waals surface area (Å²) < 4.78 is 43.3. The molecule has 1 amide bonds. The van der Waals surface area contributed by atoms with Crippen molar-refractivity contribution in [3.63, 3.8) is 0 Å². The van der Waals surface area contributed by atoms with Crippen molar-refractivity contribution in [3.05, 3.63) is 42.0 Å². The van der Waals surface area contributed by atoms with Gasteiger partial charge in [-0.05, 0) is 54.8 Å². The Hall–Kier alpha value is -2.78. The van der Waals surface area contributed by atoms with Crippen LogP contribution in [0.1, 0.15) is 31.2 Å². The number of nitrogens with one attached hydrogen (secondary N) is 1. The quantitative estimate of drug-likeness (QED) is 0.646. The van der Waals surface area contributed by atoms with Crippen molar-refractivity contribution in [2.75, 3.05) is 39.7 Å². The molecule has 1 fully saturated rings. The zero-order valence-electron chi connectivity index (χ0n) is 18.7. The normalized spacial score (nSPS) is 15.0. The number of carbonyl (C=O) groups is 1. The van der Waals surface area contributed by atoms with Crippen LogP contribution in [0.25, 0.3) is 0 Å². The van der Waals surface area contributed by atoms with Gasteiger partial charge < -0.3 is 19.5 Å². The number of nitrogens with zero attached hydrogens (tertiary/aromatic N) is 1. The van der Waals surface area contributed by atoms with Gasteiger partial charge in [0.05, 0.1) is 32.6 Å². The van der Waals surface area contributed by atoms with Gasteiger partial charge in [0.25, 0.3) is 0 Å². The van der Waals surface area contributed by atoms with Crippen molar-refractivity contribution < 1.29 is 27.4 Å². The molecule has 174 valence electrons. The zero-order valence-corrected chi connectivity index (χ0v) is 19.5. The highest BCUT2D eigenvalue weighted by Gasteiger charge is 2.25. The molecule has 0 aliphatic carbocycles. The molecule has 0 unspecified atom stereocenters. The average molecular weight is 463 g/mol. The fourth-order valence-corrected chi connectivity index (χ4v) is 5.29. The molecule has 0 spiro atoms. The number of hydrogen-bond donors (Lipinski definition) is 1. The first-order chi connectivity index (χ1) is 15.4. The minimum absolute atomic E-state index is 0.0878. The Morgan fingerprint density at radius 2 is 1.47 bits per heavy atom. The van der Waals surface area contributed by atoms with E-state index in [0.29, 0.717) is 41.6 Å². The van der Waals surface area contributed by atoms with Gasteiger partial charge in [0.2, 0.25) is 21.7 Å². The van der Waals surface area contributed by atoms with Crippen LogP contribution in [0.5, 0.6) is 17.2 Å². The maximum atomic E-state index is 12.9. The second kappa shape index (κ2) is 10.7. The average Bonchev–Trinajstić information content (AvgIpc) is 3.09. The van der Waals surface area contributed by atoms with Gasteiger partial charge in [-0.3, -0.25) is 4.79 Å². The first-order valence-corrected chi connectivity index (χ1v) is 12.0. The van der Waals surface area contributed by atoms with Gasteiger partial charge in [-0.25, -0.2) is 8.42 Å². The summed E-state index contributed by atoms with van der Waals surface area (Å²) in [6.07, 6.45) is 3.97. The molecule has 0 atom stereocenters. The Morgan fingerprint density at radius 1 is 0.906 bits per heavy atom. The van der Waals surface area contributed by atoms with E-state index in [1.54, 1.807) is 28.6 Å². The molecule has 0 radical (unpaired) electrons. The second-order valence-corrected chi connectivity index (χ2v) is 9.54. The van der Waals surface area contributed by atoms with Crippen molar-refractivity contribution in [3.8, 4) is 17.2 Å². The van der Waals surface area contributed by atoms with Crippen molar-refractivity contribution in [1.29, 1.82) is 0 Å². The third-order valence-electron chi connectivity index (χ3n) is 5.43. The van der Waals surface area contributed by atoms with E-state index in [9.17, 15) is 13.2 Å². The summed E-state index contributed by atoms with van der Waals surface area (Å²) >= 11 is 0. The van der Waals surface area contributed by atoms with Crippen LogP contribution in [0.3, 0.4) is 0 Å². The van der Waals surface area contributed by atoms with Gasteiger partial charge >= 0.3 is 0 Å². The molecule has 1 saturated heterocycles. The molecule has 1 aliphatic heterocycles. The Bertz CT molecular complexity index is 1000. The highest BCUT2D eigenvalue weighted by Crippen LogP contribution is 2.38. The topological polar surface area (TPSA) is 94.2 Å². The molecular weight excluding hydrogens is 432 g/mol. The Kier molecular flexibility index (Phi) is 7.98. The number of carbonyl (C=O) groups excluding carboxylic acids is 1. The summed E-state index contributed by atoms with van der Waals surface area (Å²) in [4.78, 5) is 12.8. The molecule has 1 heterocycles. The molecule has 32 heavy (non-hydrogen) atoms. The number of benzene rings is 2. The van der Waals surface area contributed by atoms with Crippen LogP contribution in [0, 0.1) is 0 Å². The second-order valence-electron chi connectivity index (χ2n) is 7.60. The predicted octanol–water partition coefficient (Wildman–Crippen LogP) is 3.46. The number of sulfonamides is 1. The van der Waals surface area contributed by atoms with Crippen LogP contribution in [0.2, 0.25) is 0 Å². The number of amides is 1.